The lowest BCUT2D eigenvalue weighted by Crippen LogP contribution is -2.43. The van der Waals surface area contributed by atoms with Crippen molar-refractivity contribution in [3.63, 3.8) is 0 Å². The van der Waals surface area contributed by atoms with E-state index in [4.69, 9.17) is 16.0 Å². The molecule has 1 aromatic heterocycles. The summed E-state index contributed by atoms with van der Waals surface area (Å²) in [4.78, 5) is 12.7. The number of hydrogen-bond acceptors (Lipinski definition) is 4. The molecule has 0 spiro atoms. The highest BCUT2D eigenvalue weighted by atomic mass is 35.5. The van der Waals surface area contributed by atoms with Gasteiger partial charge in [0.05, 0.1) is 24.2 Å². The van der Waals surface area contributed by atoms with E-state index in [0.29, 0.717) is 10.8 Å². The molecule has 0 aliphatic carbocycles. The van der Waals surface area contributed by atoms with Crippen LogP contribution in [0, 0.1) is 0 Å². The van der Waals surface area contributed by atoms with Crippen molar-refractivity contribution in [2.75, 3.05) is 6.54 Å². The highest BCUT2D eigenvalue weighted by molar-refractivity contribution is 7.89. The first-order valence-electron chi connectivity index (χ1n) is 9.96. The molecule has 0 radical (unpaired) electrons. The maximum absolute atomic E-state index is 13.2. The fourth-order valence-corrected chi connectivity index (χ4v) is 4.63. The smallest absolute Gasteiger partial charge is 0.243 e. The van der Waals surface area contributed by atoms with Crippen molar-refractivity contribution in [2.24, 2.45) is 0 Å². The molecule has 1 atom stereocenters. The number of carbonyl (C=O) groups excluding carboxylic acids is 1. The molecule has 0 fully saturated rings. The first-order chi connectivity index (χ1) is 14.8. The van der Waals surface area contributed by atoms with Crippen LogP contribution in [0.25, 0.3) is 0 Å². The average Bonchev–Trinajstić information content (AvgIpc) is 3.26. The summed E-state index contributed by atoms with van der Waals surface area (Å²) in [6.45, 7) is 1.54. The second kappa shape index (κ2) is 10.6. The van der Waals surface area contributed by atoms with Crippen LogP contribution in [-0.4, -0.2) is 31.2 Å². The van der Waals surface area contributed by atoms with Crippen molar-refractivity contribution in [3.05, 3.63) is 89.3 Å². The number of nitrogens with zero attached hydrogens (tertiary/aromatic N) is 1. The monoisotopic (exact) mass is 460 g/mol. The van der Waals surface area contributed by atoms with Gasteiger partial charge in [-0.15, -0.1) is 0 Å². The van der Waals surface area contributed by atoms with Crippen molar-refractivity contribution in [1.82, 2.24) is 9.62 Å². The Morgan fingerprint density at radius 3 is 2.42 bits per heavy atom. The maximum atomic E-state index is 13.2. The number of amides is 1. The second-order valence-corrected chi connectivity index (χ2v) is 9.67. The lowest BCUT2D eigenvalue weighted by molar-refractivity contribution is -0.122. The SMILES string of the molecule is C[C@@H](CCc1ccccc1)NC(=O)CN(Cc1ccco1)S(=O)(=O)c1ccc(Cl)cc1. The van der Waals surface area contributed by atoms with Crippen LogP contribution >= 0.6 is 11.6 Å². The van der Waals surface area contributed by atoms with E-state index in [0.717, 1.165) is 17.1 Å². The van der Waals surface area contributed by atoms with E-state index < -0.39 is 10.0 Å². The normalized spacial score (nSPS) is 12.6. The molecule has 8 heteroatoms. The van der Waals surface area contributed by atoms with Gasteiger partial charge in [-0.2, -0.15) is 4.31 Å². The van der Waals surface area contributed by atoms with E-state index >= 15 is 0 Å². The van der Waals surface area contributed by atoms with Crippen molar-refractivity contribution >= 4 is 27.5 Å². The van der Waals surface area contributed by atoms with E-state index in [2.05, 4.69) is 5.32 Å². The minimum Gasteiger partial charge on any atom is -0.468 e. The Bertz CT molecular complexity index is 1070. The van der Waals surface area contributed by atoms with Gasteiger partial charge in [0.25, 0.3) is 0 Å². The summed E-state index contributed by atoms with van der Waals surface area (Å²) in [6, 6.07) is 19.1. The second-order valence-electron chi connectivity index (χ2n) is 7.30. The summed E-state index contributed by atoms with van der Waals surface area (Å²) in [7, 11) is -3.93. The molecule has 0 aliphatic rings. The first kappa shape index (κ1) is 23.1. The summed E-state index contributed by atoms with van der Waals surface area (Å²) in [5.41, 5.74) is 1.19. The predicted octanol–water partition coefficient (Wildman–Crippen LogP) is 4.26. The Balaban J connectivity index is 1.67. The molecule has 0 saturated carbocycles. The predicted molar refractivity (Wildman–Crippen MR) is 120 cm³/mol. The minimum atomic E-state index is -3.93. The van der Waals surface area contributed by atoms with Crippen molar-refractivity contribution in [3.8, 4) is 0 Å². The Morgan fingerprint density at radius 2 is 1.77 bits per heavy atom. The molecule has 3 rings (SSSR count). The van der Waals surface area contributed by atoms with E-state index in [9.17, 15) is 13.2 Å². The zero-order chi connectivity index (χ0) is 22.3. The van der Waals surface area contributed by atoms with E-state index in [1.54, 1.807) is 12.1 Å². The molecule has 1 heterocycles. The Labute approximate surface area is 187 Å². The van der Waals surface area contributed by atoms with Crippen LogP contribution in [-0.2, 0) is 27.8 Å². The van der Waals surface area contributed by atoms with Crippen LogP contribution in [0.15, 0.2) is 82.3 Å². The Morgan fingerprint density at radius 1 is 1.06 bits per heavy atom. The minimum absolute atomic E-state index is 0.0518. The molecule has 2 aromatic carbocycles. The fourth-order valence-electron chi connectivity index (χ4n) is 3.14. The van der Waals surface area contributed by atoms with Gasteiger partial charge in [0.15, 0.2) is 0 Å². The third kappa shape index (κ3) is 6.69. The van der Waals surface area contributed by atoms with Gasteiger partial charge < -0.3 is 9.73 Å². The van der Waals surface area contributed by atoms with Crippen molar-refractivity contribution in [1.29, 1.82) is 0 Å². The molecule has 0 bridgehead atoms. The van der Waals surface area contributed by atoms with Crippen LogP contribution in [0.2, 0.25) is 5.02 Å². The number of furan rings is 1. The number of rotatable bonds is 10. The first-order valence-corrected chi connectivity index (χ1v) is 11.8. The molecular weight excluding hydrogens is 436 g/mol. The van der Waals surface area contributed by atoms with E-state index in [1.165, 1.54) is 36.1 Å². The van der Waals surface area contributed by atoms with Gasteiger partial charge in [-0.25, -0.2) is 8.42 Å². The molecule has 1 N–H and O–H groups in total. The number of halogens is 1. The summed E-state index contributed by atoms with van der Waals surface area (Å²) >= 11 is 5.88. The average molecular weight is 461 g/mol. The lowest BCUT2D eigenvalue weighted by atomic mass is 10.1. The van der Waals surface area contributed by atoms with E-state index in [-0.39, 0.29) is 29.9 Å². The highest BCUT2D eigenvalue weighted by Crippen LogP contribution is 2.20. The van der Waals surface area contributed by atoms with E-state index in [1.807, 2.05) is 37.3 Å². The lowest BCUT2D eigenvalue weighted by Gasteiger charge is -2.22. The molecular formula is C23H25ClN2O4S. The number of aryl methyl sites for hydroxylation is 1. The molecule has 3 aromatic rings. The topological polar surface area (TPSA) is 79.6 Å². The maximum Gasteiger partial charge on any atom is 0.243 e. The summed E-state index contributed by atoms with van der Waals surface area (Å²) in [5, 5.41) is 3.33. The molecule has 0 aliphatic heterocycles. The molecule has 164 valence electrons. The van der Waals surface area contributed by atoms with Gasteiger partial charge in [-0.05, 0) is 61.7 Å². The highest BCUT2D eigenvalue weighted by Gasteiger charge is 2.28. The molecule has 0 saturated heterocycles. The van der Waals surface area contributed by atoms with Crippen molar-refractivity contribution < 1.29 is 17.6 Å². The van der Waals surface area contributed by atoms with Crippen LogP contribution in [0.3, 0.4) is 0 Å². The zero-order valence-electron chi connectivity index (χ0n) is 17.2. The van der Waals surface area contributed by atoms with Gasteiger partial charge in [0.2, 0.25) is 15.9 Å². The summed E-state index contributed by atoms with van der Waals surface area (Å²) < 4.78 is 32.7. The van der Waals surface area contributed by atoms with Crippen LogP contribution in [0.1, 0.15) is 24.7 Å². The summed E-state index contributed by atoms with van der Waals surface area (Å²) in [5.74, 6) is 0.0760. The third-order valence-electron chi connectivity index (χ3n) is 4.80. The number of hydrogen-bond donors (Lipinski definition) is 1. The number of sulfonamides is 1. The molecule has 0 unspecified atom stereocenters. The Kier molecular flexibility index (Phi) is 7.90. The fraction of sp³-hybridized carbons (Fsp3) is 0.261. The molecule has 31 heavy (non-hydrogen) atoms. The van der Waals surface area contributed by atoms with Crippen LogP contribution < -0.4 is 5.32 Å². The van der Waals surface area contributed by atoms with Crippen LogP contribution in [0.5, 0.6) is 0 Å². The Hall–Kier alpha value is -2.61. The van der Waals surface area contributed by atoms with Gasteiger partial charge >= 0.3 is 0 Å². The van der Waals surface area contributed by atoms with Gasteiger partial charge in [0.1, 0.15) is 5.76 Å². The molecule has 6 nitrogen and oxygen atoms in total. The third-order valence-corrected chi connectivity index (χ3v) is 6.86. The van der Waals surface area contributed by atoms with Gasteiger partial charge in [0, 0.05) is 11.1 Å². The van der Waals surface area contributed by atoms with Gasteiger partial charge in [-0.3, -0.25) is 4.79 Å². The van der Waals surface area contributed by atoms with Gasteiger partial charge in [-0.1, -0.05) is 41.9 Å². The van der Waals surface area contributed by atoms with Crippen LogP contribution in [0.4, 0.5) is 0 Å². The number of benzene rings is 2. The number of carbonyl (C=O) groups is 1. The quantitative estimate of drug-likeness (QED) is 0.490. The molecule has 1 amide bonds. The zero-order valence-corrected chi connectivity index (χ0v) is 18.8. The van der Waals surface area contributed by atoms with Crippen molar-refractivity contribution in [2.45, 2.75) is 37.2 Å². The standard InChI is InChI=1S/C23H25ClN2O4S/c1-18(9-10-19-6-3-2-4-7-19)25-23(27)17-26(16-21-8-5-15-30-21)31(28,29)22-13-11-20(24)12-14-22/h2-8,11-15,18H,9-10,16-17H2,1H3,(H,25,27)/t18-/m0/s1. The largest absolute Gasteiger partial charge is 0.468 e. The summed E-state index contributed by atoms with van der Waals surface area (Å²) in [6.07, 6.45) is 3.04. The number of nitrogens with one attached hydrogen (secondary N) is 1.